The van der Waals surface area contributed by atoms with Crippen LogP contribution in [0.1, 0.15) is 42.1 Å². The topological polar surface area (TPSA) is 36.4 Å². The van der Waals surface area contributed by atoms with E-state index in [9.17, 15) is 5.11 Å². The molecule has 1 aliphatic heterocycles. The maximum Gasteiger partial charge on any atom is 0.0926 e. The van der Waals surface area contributed by atoms with Crippen molar-refractivity contribution in [1.29, 1.82) is 0 Å². The number of nitrogens with zero attached hydrogens (tertiary/aromatic N) is 2. The lowest BCUT2D eigenvalue weighted by Crippen LogP contribution is -2.23. The molecule has 1 aliphatic rings. The molecule has 2 heterocycles. The van der Waals surface area contributed by atoms with Gasteiger partial charge in [0.05, 0.1) is 23.4 Å². The first kappa shape index (κ1) is 13.6. The number of hydrogen-bond acceptors (Lipinski definition) is 4. The smallest absolute Gasteiger partial charge is 0.0926 e. The van der Waals surface area contributed by atoms with Gasteiger partial charge in [-0.1, -0.05) is 25.1 Å². The molecule has 4 heteroatoms. The van der Waals surface area contributed by atoms with E-state index in [0.717, 1.165) is 49.3 Å². The maximum absolute atomic E-state index is 10.2. The van der Waals surface area contributed by atoms with Gasteiger partial charge in [-0.05, 0) is 25.3 Å². The van der Waals surface area contributed by atoms with Crippen molar-refractivity contribution in [3.8, 4) is 0 Å². The third-order valence-electron chi connectivity index (χ3n) is 3.80. The average molecular weight is 288 g/mol. The molecule has 0 spiro atoms. The van der Waals surface area contributed by atoms with Crippen LogP contribution < -0.4 is 4.90 Å². The summed E-state index contributed by atoms with van der Waals surface area (Å²) in [6.07, 6.45) is 2.52. The van der Waals surface area contributed by atoms with E-state index in [2.05, 4.69) is 28.3 Å². The quantitative estimate of drug-likeness (QED) is 0.938. The number of para-hydroxylation sites is 1. The van der Waals surface area contributed by atoms with Crippen molar-refractivity contribution in [2.24, 2.45) is 0 Å². The van der Waals surface area contributed by atoms with Crippen LogP contribution in [0.25, 0.3) is 0 Å². The number of hydrogen-bond donors (Lipinski definition) is 1. The van der Waals surface area contributed by atoms with E-state index in [1.165, 1.54) is 5.01 Å². The van der Waals surface area contributed by atoms with Gasteiger partial charge in [-0.15, -0.1) is 11.3 Å². The number of thiazole rings is 1. The van der Waals surface area contributed by atoms with Crippen LogP contribution in [0.2, 0.25) is 0 Å². The molecule has 0 bridgehead atoms. The SMILES string of the molecule is CCc1nc(CN2CCCC(O)c3ccccc32)cs1. The largest absolute Gasteiger partial charge is 0.388 e. The molecule has 3 nitrogen and oxygen atoms in total. The van der Waals surface area contributed by atoms with Crippen LogP contribution >= 0.6 is 11.3 Å². The predicted molar refractivity (Wildman–Crippen MR) is 83.2 cm³/mol. The van der Waals surface area contributed by atoms with E-state index in [-0.39, 0.29) is 6.10 Å². The van der Waals surface area contributed by atoms with Crippen LogP contribution in [0.4, 0.5) is 5.69 Å². The monoisotopic (exact) mass is 288 g/mol. The Balaban J connectivity index is 1.87. The Morgan fingerprint density at radius 1 is 1.40 bits per heavy atom. The fourth-order valence-electron chi connectivity index (χ4n) is 2.75. The van der Waals surface area contributed by atoms with Crippen molar-refractivity contribution in [2.75, 3.05) is 11.4 Å². The lowest BCUT2D eigenvalue weighted by Gasteiger charge is -2.24. The second-order valence-electron chi connectivity index (χ2n) is 5.22. The molecule has 3 rings (SSSR count). The molecule has 1 atom stereocenters. The molecule has 1 unspecified atom stereocenters. The summed E-state index contributed by atoms with van der Waals surface area (Å²) in [7, 11) is 0. The van der Waals surface area contributed by atoms with Crippen molar-refractivity contribution in [3.05, 3.63) is 45.9 Å². The van der Waals surface area contributed by atoms with Crippen molar-refractivity contribution in [2.45, 2.75) is 38.8 Å². The highest BCUT2D eigenvalue weighted by Gasteiger charge is 2.21. The van der Waals surface area contributed by atoms with E-state index in [0.29, 0.717) is 0 Å². The first-order valence-corrected chi connectivity index (χ1v) is 8.11. The molecule has 0 radical (unpaired) electrons. The summed E-state index contributed by atoms with van der Waals surface area (Å²) >= 11 is 1.74. The van der Waals surface area contributed by atoms with E-state index >= 15 is 0 Å². The summed E-state index contributed by atoms with van der Waals surface area (Å²) in [6.45, 7) is 3.95. The zero-order valence-corrected chi connectivity index (χ0v) is 12.6. The Morgan fingerprint density at radius 2 is 2.25 bits per heavy atom. The Bertz CT molecular complexity index is 581. The van der Waals surface area contributed by atoms with Crippen LogP contribution in [0.5, 0.6) is 0 Å². The van der Waals surface area contributed by atoms with Gasteiger partial charge in [-0.3, -0.25) is 0 Å². The standard InChI is InChI=1S/C16H20N2OS/c1-2-16-17-12(11-20-16)10-18-9-5-8-15(19)13-6-3-4-7-14(13)18/h3-4,6-7,11,15,19H,2,5,8-10H2,1H3. The molecular formula is C16H20N2OS. The molecule has 0 saturated carbocycles. The van der Waals surface area contributed by atoms with E-state index in [1.54, 1.807) is 11.3 Å². The van der Waals surface area contributed by atoms with Crippen LogP contribution in [-0.2, 0) is 13.0 Å². The lowest BCUT2D eigenvalue weighted by molar-refractivity contribution is 0.168. The maximum atomic E-state index is 10.2. The Labute approximate surface area is 123 Å². The van der Waals surface area contributed by atoms with Gasteiger partial charge < -0.3 is 10.0 Å². The third kappa shape index (κ3) is 2.72. The van der Waals surface area contributed by atoms with Crippen molar-refractivity contribution < 1.29 is 5.11 Å². The molecule has 106 valence electrons. The number of benzene rings is 1. The van der Waals surface area contributed by atoms with Gasteiger partial charge in [0.25, 0.3) is 0 Å². The minimum absolute atomic E-state index is 0.335. The molecule has 1 N–H and O–H groups in total. The van der Waals surface area contributed by atoms with Gasteiger partial charge in [0.1, 0.15) is 0 Å². The Morgan fingerprint density at radius 3 is 3.05 bits per heavy atom. The lowest BCUT2D eigenvalue weighted by atomic mass is 10.0. The molecule has 0 amide bonds. The van der Waals surface area contributed by atoms with Crippen LogP contribution in [0.3, 0.4) is 0 Å². The van der Waals surface area contributed by atoms with E-state index in [4.69, 9.17) is 0 Å². The molecule has 0 saturated heterocycles. The second-order valence-corrected chi connectivity index (χ2v) is 6.17. The molecule has 1 aromatic heterocycles. The summed E-state index contributed by atoms with van der Waals surface area (Å²) in [4.78, 5) is 7.01. The van der Waals surface area contributed by atoms with E-state index < -0.39 is 0 Å². The first-order valence-electron chi connectivity index (χ1n) is 7.23. The molecule has 20 heavy (non-hydrogen) atoms. The van der Waals surface area contributed by atoms with E-state index in [1.807, 2.05) is 18.2 Å². The van der Waals surface area contributed by atoms with Gasteiger partial charge in [0, 0.05) is 23.2 Å². The Kier molecular flexibility index (Phi) is 4.03. The predicted octanol–water partition coefficient (Wildman–Crippen LogP) is 3.54. The summed E-state index contributed by atoms with van der Waals surface area (Å²) in [5.41, 5.74) is 3.34. The number of anilines is 1. The number of rotatable bonds is 3. The summed E-state index contributed by atoms with van der Waals surface area (Å²) in [6, 6.07) is 8.19. The number of fused-ring (bicyclic) bond motifs is 1. The van der Waals surface area contributed by atoms with Crippen molar-refractivity contribution >= 4 is 17.0 Å². The molecule has 0 fully saturated rings. The number of aryl methyl sites for hydroxylation is 1. The number of aromatic nitrogens is 1. The zero-order valence-electron chi connectivity index (χ0n) is 11.7. The number of aliphatic hydroxyl groups excluding tert-OH is 1. The highest BCUT2D eigenvalue weighted by Crippen LogP contribution is 2.33. The van der Waals surface area contributed by atoms with Gasteiger partial charge in [-0.25, -0.2) is 4.98 Å². The zero-order chi connectivity index (χ0) is 13.9. The second kappa shape index (κ2) is 5.94. The van der Waals surface area contributed by atoms with Crippen LogP contribution in [0, 0.1) is 0 Å². The fourth-order valence-corrected chi connectivity index (χ4v) is 3.49. The van der Waals surface area contributed by atoms with Gasteiger partial charge >= 0.3 is 0 Å². The summed E-state index contributed by atoms with van der Waals surface area (Å²) in [5.74, 6) is 0. The summed E-state index contributed by atoms with van der Waals surface area (Å²) < 4.78 is 0. The molecule has 1 aromatic carbocycles. The summed E-state index contributed by atoms with van der Waals surface area (Å²) in [5, 5.41) is 13.6. The first-order chi connectivity index (χ1) is 9.78. The normalized spacial score (nSPS) is 18.7. The number of aliphatic hydroxyl groups is 1. The van der Waals surface area contributed by atoms with Crippen molar-refractivity contribution in [3.63, 3.8) is 0 Å². The highest BCUT2D eigenvalue weighted by atomic mass is 32.1. The Hall–Kier alpha value is -1.39. The van der Waals surface area contributed by atoms with Crippen molar-refractivity contribution in [1.82, 2.24) is 4.98 Å². The van der Waals surface area contributed by atoms with Gasteiger partial charge in [0.2, 0.25) is 0 Å². The van der Waals surface area contributed by atoms with Crippen LogP contribution in [-0.4, -0.2) is 16.6 Å². The fraction of sp³-hybridized carbons (Fsp3) is 0.438. The van der Waals surface area contributed by atoms with Crippen LogP contribution in [0.15, 0.2) is 29.6 Å². The molecule has 2 aromatic rings. The van der Waals surface area contributed by atoms with Gasteiger partial charge in [-0.2, -0.15) is 0 Å². The highest BCUT2D eigenvalue weighted by molar-refractivity contribution is 7.09. The minimum Gasteiger partial charge on any atom is -0.388 e. The molecule has 0 aliphatic carbocycles. The average Bonchev–Trinajstić information content (AvgIpc) is 2.87. The third-order valence-corrected chi connectivity index (χ3v) is 4.84. The minimum atomic E-state index is -0.335. The van der Waals surface area contributed by atoms with Gasteiger partial charge in [0.15, 0.2) is 0 Å². The molecular weight excluding hydrogens is 268 g/mol.